The molecule has 0 fully saturated rings. The minimum Gasteiger partial charge on any atom is -0.476 e. The van der Waals surface area contributed by atoms with Gasteiger partial charge in [-0.05, 0) is 50.2 Å². The summed E-state index contributed by atoms with van der Waals surface area (Å²) in [7, 11) is 0. The van der Waals surface area contributed by atoms with Gasteiger partial charge >= 0.3 is 5.97 Å². The Hall–Kier alpha value is -2.53. The van der Waals surface area contributed by atoms with Gasteiger partial charge in [-0.25, -0.2) is 4.79 Å². The molecule has 126 valence electrons. The largest absolute Gasteiger partial charge is 0.476 e. The maximum Gasteiger partial charge on any atom is 0.355 e. The Kier molecular flexibility index (Phi) is 5.46. The Morgan fingerprint density at radius 2 is 1.71 bits per heavy atom. The van der Waals surface area contributed by atoms with Crippen molar-refractivity contribution in [3.05, 3.63) is 53.6 Å². The summed E-state index contributed by atoms with van der Waals surface area (Å²) >= 11 is 5.83. The first-order valence-electron chi connectivity index (χ1n) is 7.31. The summed E-state index contributed by atoms with van der Waals surface area (Å²) in [5, 5.41) is 3.21. The van der Waals surface area contributed by atoms with Crippen molar-refractivity contribution in [2.24, 2.45) is 0 Å². The quantitative estimate of drug-likeness (QED) is 0.654. The van der Waals surface area contributed by atoms with Crippen molar-refractivity contribution in [2.45, 2.75) is 26.4 Å². The second-order valence-corrected chi connectivity index (χ2v) is 6.10. The van der Waals surface area contributed by atoms with Crippen molar-refractivity contribution >= 4 is 29.2 Å². The number of amides is 1. The average molecular weight is 348 g/mol. The number of hydrogen-bond acceptors (Lipinski definition) is 4. The molecule has 0 radical (unpaired) electrons. The zero-order valence-corrected chi connectivity index (χ0v) is 14.4. The third-order valence-electron chi connectivity index (χ3n) is 3.04. The number of rotatable bonds is 5. The van der Waals surface area contributed by atoms with Gasteiger partial charge in [-0.1, -0.05) is 17.7 Å². The van der Waals surface area contributed by atoms with E-state index in [1.54, 1.807) is 62.4 Å². The summed E-state index contributed by atoms with van der Waals surface area (Å²) < 4.78 is 11.0. The Morgan fingerprint density at radius 1 is 1.04 bits per heavy atom. The molecule has 24 heavy (non-hydrogen) atoms. The van der Waals surface area contributed by atoms with E-state index < -0.39 is 11.6 Å². The smallest absolute Gasteiger partial charge is 0.355 e. The van der Waals surface area contributed by atoms with E-state index in [4.69, 9.17) is 21.1 Å². The number of benzene rings is 2. The molecule has 0 atom stereocenters. The highest BCUT2D eigenvalue weighted by Crippen LogP contribution is 2.24. The Labute approximate surface area is 145 Å². The van der Waals surface area contributed by atoms with E-state index in [9.17, 15) is 9.59 Å². The van der Waals surface area contributed by atoms with Gasteiger partial charge in [0.05, 0.1) is 0 Å². The number of halogens is 1. The fraction of sp³-hybridized carbons (Fsp3) is 0.222. The van der Waals surface area contributed by atoms with Crippen LogP contribution in [0.4, 0.5) is 5.69 Å². The first kappa shape index (κ1) is 17.8. The Balaban J connectivity index is 2.07. The van der Waals surface area contributed by atoms with E-state index in [0.717, 1.165) is 0 Å². The van der Waals surface area contributed by atoms with E-state index in [1.807, 2.05) is 0 Å². The van der Waals surface area contributed by atoms with Gasteiger partial charge < -0.3 is 14.8 Å². The molecule has 2 rings (SSSR count). The molecule has 0 aliphatic carbocycles. The molecule has 0 heterocycles. The number of hydrogen-bond donors (Lipinski definition) is 1. The van der Waals surface area contributed by atoms with Gasteiger partial charge in [0.1, 0.15) is 11.5 Å². The number of esters is 1. The molecule has 1 amide bonds. The van der Waals surface area contributed by atoms with E-state index in [-0.39, 0.29) is 5.91 Å². The van der Waals surface area contributed by atoms with Crippen LogP contribution in [-0.4, -0.2) is 17.5 Å². The van der Waals surface area contributed by atoms with Crippen molar-refractivity contribution in [3.8, 4) is 11.5 Å². The lowest BCUT2D eigenvalue weighted by Crippen LogP contribution is -2.41. The van der Waals surface area contributed by atoms with E-state index >= 15 is 0 Å². The highest BCUT2D eigenvalue weighted by Gasteiger charge is 2.32. The van der Waals surface area contributed by atoms with E-state index in [2.05, 4.69) is 5.32 Å². The van der Waals surface area contributed by atoms with Gasteiger partial charge in [0.15, 0.2) is 0 Å². The predicted molar refractivity (Wildman–Crippen MR) is 92.5 cm³/mol. The summed E-state index contributed by atoms with van der Waals surface area (Å²) in [6, 6.07) is 13.3. The number of ether oxygens (including phenoxy) is 2. The van der Waals surface area contributed by atoms with Gasteiger partial charge in [-0.3, -0.25) is 4.79 Å². The molecule has 2 aromatic carbocycles. The van der Waals surface area contributed by atoms with Crippen LogP contribution in [0, 0.1) is 0 Å². The molecule has 0 aliphatic heterocycles. The van der Waals surface area contributed by atoms with Crippen LogP contribution in [0.2, 0.25) is 5.02 Å². The molecular formula is C18H18ClNO4. The maximum absolute atomic E-state index is 12.4. The maximum atomic E-state index is 12.4. The number of anilines is 1. The minimum absolute atomic E-state index is 0.204. The Bertz CT molecular complexity index is 741. The molecular weight excluding hydrogens is 330 g/mol. The minimum atomic E-state index is -1.20. The zero-order valence-electron chi connectivity index (χ0n) is 13.6. The SMILES string of the molecule is CC(=O)Nc1cccc(OC(=O)C(C)(C)Oc2ccc(Cl)cc2)c1. The normalized spacial score (nSPS) is 10.8. The van der Waals surface area contributed by atoms with Gasteiger partial charge in [0.25, 0.3) is 0 Å². The van der Waals surface area contributed by atoms with Crippen LogP contribution in [0.5, 0.6) is 11.5 Å². The molecule has 0 spiro atoms. The topological polar surface area (TPSA) is 64.6 Å². The van der Waals surface area contributed by atoms with Crippen LogP contribution in [0.3, 0.4) is 0 Å². The monoisotopic (exact) mass is 347 g/mol. The fourth-order valence-electron chi connectivity index (χ4n) is 1.91. The van der Waals surface area contributed by atoms with Crippen molar-refractivity contribution in [3.63, 3.8) is 0 Å². The van der Waals surface area contributed by atoms with Crippen molar-refractivity contribution in [1.82, 2.24) is 0 Å². The van der Waals surface area contributed by atoms with Gasteiger partial charge in [0.2, 0.25) is 11.5 Å². The standard InChI is InChI=1S/C18H18ClNO4/c1-12(21)20-14-5-4-6-16(11-14)23-17(22)18(2,3)24-15-9-7-13(19)8-10-15/h4-11H,1-3H3,(H,20,21). The summed E-state index contributed by atoms with van der Waals surface area (Å²) in [5.74, 6) is 0.0645. The predicted octanol–water partition coefficient (Wildman–Crippen LogP) is 4.06. The second-order valence-electron chi connectivity index (χ2n) is 5.66. The molecule has 6 heteroatoms. The molecule has 2 aromatic rings. The summed E-state index contributed by atoms with van der Waals surface area (Å²) in [6.07, 6.45) is 0. The third kappa shape index (κ3) is 4.99. The number of carbonyl (C=O) groups is 2. The van der Waals surface area contributed by atoms with Gasteiger partial charge in [-0.15, -0.1) is 0 Å². The molecule has 0 bridgehead atoms. The lowest BCUT2D eigenvalue weighted by atomic mass is 10.1. The summed E-state index contributed by atoms with van der Waals surface area (Å²) in [5.41, 5.74) is -0.651. The van der Waals surface area contributed by atoms with Crippen LogP contribution in [0.1, 0.15) is 20.8 Å². The van der Waals surface area contributed by atoms with Gasteiger partial charge in [0, 0.05) is 23.7 Å². The Morgan fingerprint density at radius 3 is 2.33 bits per heavy atom. The van der Waals surface area contributed by atoms with Crippen molar-refractivity contribution in [2.75, 3.05) is 5.32 Å². The number of carbonyl (C=O) groups excluding carboxylic acids is 2. The van der Waals surface area contributed by atoms with Crippen LogP contribution in [-0.2, 0) is 9.59 Å². The third-order valence-corrected chi connectivity index (χ3v) is 3.30. The summed E-state index contributed by atoms with van der Waals surface area (Å²) in [6.45, 7) is 4.63. The van der Waals surface area contributed by atoms with Crippen LogP contribution < -0.4 is 14.8 Å². The number of nitrogens with one attached hydrogen (secondary N) is 1. The highest BCUT2D eigenvalue weighted by molar-refractivity contribution is 6.30. The molecule has 0 aliphatic rings. The zero-order chi connectivity index (χ0) is 17.7. The van der Waals surface area contributed by atoms with Crippen molar-refractivity contribution < 1.29 is 19.1 Å². The first-order valence-corrected chi connectivity index (χ1v) is 7.68. The van der Waals surface area contributed by atoms with Crippen molar-refractivity contribution in [1.29, 1.82) is 0 Å². The molecule has 0 aromatic heterocycles. The van der Waals surface area contributed by atoms with Crippen LogP contribution in [0.25, 0.3) is 0 Å². The summed E-state index contributed by atoms with van der Waals surface area (Å²) in [4.78, 5) is 23.5. The first-order chi connectivity index (χ1) is 11.3. The van der Waals surface area contributed by atoms with E-state index in [0.29, 0.717) is 22.2 Å². The molecule has 5 nitrogen and oxygen atoms in total. The van der Waals surface area contributed by atoms with E-state index in [1.165, 1.54) is 6.92 Å². The molecule has 0 saturated heterocycles. The lowest BCUT2D eigenvalue weighted by molar-refractivity contribution is -0.149. The van der Waals surface area contributed by atoms with Gasteiger partial charge in [-0.2, -0.15) is 0 Å². The highest BCUT2D eigenvalue weighted by atomic mass is 35.5. The van der Waals surface area contributed by atoms with Crippen LogP contribution in [0.15, 0.2) is 48.5 Å². The molecule has 0 unspecified atom stereocenters. The second kappa shape index (κ2) is 7.36. The molecule has 1 N–H and O–H groups in total. The lowest BCUT2D eigenvalue weighted by Gasteiger charge is -2.24. The average Bonchev–Trinajstić information content (AvgIpc) is 2.49. The fourth-order valence-corrected chi connectivity index (χ4v) is 2.04. The molecule has 0 saturated carbocycles. The van der Waals surface area contributed by atoms with Crippen LogP contribution >= 0.6 is 11.6 Å².